The molecule has 0 unspecified atom stereocenters. The Labute approximate surface area is 95.1 Å². The molecule has 2 rings (SSSR count). The van der Waals surface area contributed by atoms with Crippen LogP contribution in [0.5, 0.6) is 5.75 Å². The van der Waals surface area contributed by atoms with E-state index in [0.717, 1.165) is 11.3 Å². The lowest BCUT2D eigenvalue weighted by Gasteiger charge is -2.07. The summed E-state index contributed by atoms with van der Waals surface area (Å²) in [6.07, 6.45) is 6.00. The van der Waals surface area contributed by atoms with Crippen LogP contribution >= 0.6 is 0 Å². The predicted octanol–water partition coefficient (Wildman–Crippen LogP) is 2.16. The third-order valence-electron chi connectivity index (χ3n) is 2.71. The SMILES string of the molecule is COc1ccc2c(ccn2C)c1/C=C/CN. The lowest BCUT2D eigenvalue weighted by Crippen LogP contribution is -1.93. The van der Waals surface area contributed by atoms with Crippen molar-refractivity contribution < 1.29 is 4.74 Å². The van der Waals surface area contributed by atoms with Crippen LogP contribution in [0.4, 0.5) is 0 Å². The van der Waals surface area contributed by atoms with Gasteiger partial charge in [-0.25, -0.2) is 0 Å². The Morgan fingerprint density at radius 1 is 1.38 bits per heavy atom. The lowest BCUT2D eigenvalue weighted by molar-refractivity contribution is 0.414. The molecule has 0 aliphatic heterocycles. The molecule has 84 valence electrons. The van der Waals surface area contributed by atoms with Gasteiger partial charge in [0.15, 0.2) is 0 Å². The number of hydrogen-bond acceptors (Lipinski definition) is 2. The molecule has 0 saturated carbocycles. The molecule has 1 aromatic heterocycles. The van der Waals surface area contributed by atoms with Gasteiger partial charge in [-0.2, -0.15) is 0 Å². The third kappa shape index (κ3) is 1.70. The molecule has 0 aliphatic rings. The van der Waals surface area contributed by atoms with E-state index in [0.29, 0.717) is 6.54 Å². The standard InChI is InChI=1S/C13H16N2O/c1-15-9-7-10-11(4-3-8-14)13(16-2)6-5-12(10)15/h3-7,9H,8,14H2,1-2H3/b4-3+. The van der Waals surface area contributed by atoms with Crippen molar-refractivity contribution in [1.29, 1.82) is 0 Å². The molecule has 0 amide bonds. The summed E-state index contributed by atoms with van der Waals surface area (Å²) in [4.78, 5) is 0. The molecule has 0 aliphatic carbocycles. The van der Waals surface area contributed by atoms with Gasteiger partial charge in [0.05, 0.1) is 7.11 Å². The van der Waals surface area contributed by atoms with Gasteiger partial charge in [0, 0.05) is 36.3 Å². The number of rotatable bonds is 3. The number of ether oxygens (including phenoxy) is 1. The van der Waals surface area contributed by atoms with E-state index in [-0.39, 0.29) is 0 Å². The normalized spacial score (nSPS) is 11.4. The molecule has 0 atom stereocenters. The largest absolute Gasteiger partial charge is 0.496 e. The summed E-state index contributed by atoms with van der Waals surface area (Å²) in [6, 6.07) is 6.14. The summed E-state index contributed by atoms with van der Waals surface area (Å²) in [5.74, 6) is 0.878. The molecule has 16 heavy (non-hydrogen) atoms. The van der Waals surface area contributed by atoms with Crippen LogP contribution in [0.3, 0.4) is 0 Å². The number of nitrogens with two attached hydrogens (primary N) is 1. The maximum atomic E-state index is 5.48. The van der Waals surface area contributed by atoms with Crippen molar-refractivity contribution in [1.82, 2.24) is 4.57 Å². The van der Waals surface area contributed by atoms with Crippen molar-refractivity contribution in [2.75, 3.05) is 13.7 Å². The minimum Gasteiger partial charge on any atom is -0.496 e. The summed E-state index contributed by atoms with van der Waals surface area (Å²) in [7, 11) is 3.72. The molecular formula is C13H16N2O. The zero-order valence-electron chi connectivity index (χ0n) is 9.60. The zero-order valence-corrected chi connectivity index (χ0v) is 9.60. The second-order valence-corrected chi connectivity index (χ2v) is 3.68. The Hall–Kier alpha value is -1.74. The third-order valence-corrected chi connectivity index (χ3v) is 2.71. The fourth-order valence-corrected chi connectivity index (χ4v) is 1.89. The second-order valence-electron chi connectivity index (χ2n) is 3.68. The van der Waals surface area contributed by atoms with E-state index in [4.69, 9.17) is 10.5 Å². The zero-order chi connectivity index (χ0) is 11.5. The first-order valence-electron chi connectivity index (χ1n) is 5.26. The highest BCUT2D eigenvalue weighted by Crippen LogP contribution is 2.29. The number of hydrogen-bond donors (Lipinski definition) is 1. The quantitative estimate of drug-likeness (QED) is 0.854. The van der Waals surface area contributed by atoms with Crippen molar-refractivity contribution in [2.45, 2.75) is 0 Å². The van der Waals surface area contributed by atoms with Gasteiger partial charge < -0.3 is 15.0 Å². The summed E-state index contributed by atoms with van der Waals surface area (Å²) in [6.45, 7) is 0.534. The van der Waals surface area contributed by atoms with E-state index in [1.165, 1.54) is 10.9 Å². The number of benzene rings is 1. The van der Waals surface area contributed by atoms with E-state index in [9.17, 15) is 0 Å². The Morgan fingerprint density at radius 3 is 2.88 bits per heavy atom. The average molecular weight is 216 g/mol. The minimum atomic E-state index is 0.534. The van der Waals surface area contributed by atoms with E-state index in [2.05, 4.69) is 16.7 Å². The van der Waals surface area contributed by atoms with Crippen LogP contribution in [0, 0.1) is 0 Å². The fraction of sp³-hybridized carbons (Fsp3) is 0.231. The Balaban J connectivity index is 2.68. The highest BCUT2D eigenvalue weighted by atomic mass is 16.5. The van der Waals surface area contributed by atoms with Crippen LogP contribution < -0.4 is 10.5 Å². The number of aryl methyl sites for hydroxylation is 1. The van der Waals surface area contributed by atoms with Crippen LogP contribution in [0.25, 0.3) is 17.0 Å². The van der Waals surface area contributed by atoms with Crippen molar-refractivity contribution in [3.8, 4) is 5.75 Å². The molecule has 0 radical (unpaired) electrons. The molecule has 0 bridgehead atoms. The summed E-state index contributed by atoms with van der Waals surface area (Å²) >= 11 is 0. The van der Waals surface area contributed by atoms with Crippen molar-refractivity contribution in [3.63, 3.8) is 0 Å². The van der Waals surface area contributed by atoms with Gasteiger partial charge in [0.25, 0.3) is 0 Å². The first kappa shape index (κ1) is 10.8. The first-order valence-corrected chi connectivity index (χ1v) is 5.26. The van der Waals surface area contributed by atoms with Crippen LogP contribution in [0.1, 0.15) is 5.56 Å². The van der Waals surface area contributed by atoms with Crippen molar-refractivity contribution in [2.24, 2.45) is 12.8 Å². The van der Waals surface area contributed by atoms with Crippen LogP contribution in [0.2, 0.25) is 0 Å². The van der Waals surface area contributed by atoms with Crippen molar-refractivity contribution >= 4 is 17.0 Å². The first-order chi connectivity index (χ1) is 7.77. The van der Waals surface area contributed by atoms with Crippen LogP contribution in [0.15, 0.2) is 30.5 Å². The van der Waals surface area contributed by atoms with Crippen LogP contribution in [-0.4, -0.2) is 18.2 Å². The number of aromatic nitrogens is 1. The van der Waals surface area contributed by atoms with E-state index in [1.807, 2.05) is 31.5 Å². The van der Waals surface area contributed by atoms with Gasteiger partial charge >= 0.3 is 0 Å². The van der Waals surface area contributed by atoms with E-state index in [1.54, 1.807) is 7.11 Å². The minimum absolute atomic E-state index is 0.534. The van der Waals surface area contributed by atoms with Gasteiger partial charge in [0.1, 0.15) is 5.75 Å². The molecule has 3 nitrogen and oxygen atoms in total. The summed E-state index contributed by atoms with van der Waals surface area (Å²) in [5, 5.41) is 1.19. The number of methoxy groups -OCH3 is 1. The van der Waals surface area contributed by atoms with Gasteiger partial charge in [0.2, 0.25) is 0 Å². The van der Waals surface area contributed by atoms with Gasteiger partial charge in [-0.15, -0.1) is 0 Å². The Morgan fingerprint density at radius 2 is 2.19 bits per heavy atom. The average Bonchev–Trinajstić information content (AvgIpc) is 2.68. The molecule has 1 aromatic carbocycles. The molecular weight excluding hydrogens is 200 g/mol. The monoisotopic (exact) mass is 216 g/mol. The van der Waals surface area contributed by atoms with E-state index >= 15 is 0 Å². The summed E-state index contributed by atoms with van der Waals surface area (Å²) < 4.78 is 7.45. The highest BCUT2D eigenvalue weighted by molar-refractivity contribution is 5.91. The smallest absolute Gasteiger partial charge is 0.126 e. The fourth-order valence-electron chi connectivity index (χ4n) is 1.89. The van der Waals surface area contributed by atoms with Gasteiger partial charge in [-0.05, 0) is 18.2 Å². The molecule has 1 heterocycles. The molecule has 2 N–H and O–H groups in total. The molecule has 2 aromatic rings. The lowest BCUT2D eigenvalue weighted by atomic mass is 10.1. The predicted molar refractivity (Wildman–Crippen MR) is 67.6 cm³/mol. The molecule has 0 spiro atoms. The molecule has 0 fully saturated rings. The van der Waals surface area contributed by atoms with Crippen molar-refractivity contribution in [3.05, 3.63) is 36.0 Å². The Bertz CT molecular complexity index is 526. The summed E-state index contributed by atoms with van der Waals surface area (Å²) in [5.41, 5.74) is 7.77. The maximum Gasteiger partial charge on any atom is 0.126 e. The topological polar surface area (TPSA) is 40.2 Å². The van der Waals surface area contributed by atoms with Gasteiger partial charge in [-0.3, -0.25) is 0 Å². The van der Waals surface area contributed by atoms with Crippen LogP contribution in [-0.2, 0) is 7.05 Å². The maximum absolute atomic E-state index is 5.48. The second kappa shape index (κ2) is 4.41. The molecule has 3 heteroatoms. The Kier molecular flexibility index (Phi) is 2.97. The van der Waals surface area contributed by atoms with Gasteiger partial charge in [-0.1, -0.05) is 12.2 Å². The number of nitrogens with zero attached hydrogens (tertiary/aromatic N) is 1. The highest BCUT2D eigenvalue weighted by Gasteiger charge is 2.07. The van der Waals surface area contributed by atoms with E-state index < -0.39 is 0 Å². The number of fused-ring (bicyclic) bond motifs is 1. The molecule has 0 saturated heterocycles.